The molecule has 2 aromatic heterocycles. The van der Waals surface area contributed by atoms with Gasteiger partial charge in [-0.3, -0.25) is 4.79 Å². The molecule has 0 N–H and O–H groups in total. The molecule has 90 valence electrons. The number of thiophene rings is 1. The van der Waals surface area contributed by atoms with Gasteiger partial charge in [0.25, 0.3) is 0 Å². The van der Waals surface area contributed by atoms with Gasteiger partial charge in [-0.05, 0) is 25.5 Å². The molecule has 2 rings (SSSR count). The molecule has 0 aromatic carbocycles. The lowest BCUT2D eigenvalue weighted by Gasteiger charge is -2.15. The Morgan fingerprint density at radius 3 is 2.88 bits per heavy atom. The molecule has 0 fully saturated rings. The van der Waals surface area contributed by atoms with Crippen molar-refractivity contribution in [3.63, 3.8) is 0 Å². The molecule has 3 nitrogen and oxygen atoms in total. The van der Waals surface area contributed by atoms with Crippen LogP contribution in [0.3, 0.4) is 0 Å². The van der Waals surface area contributed by atoms with Gasteiger partial charge in [0.15, 0.2) is 5.78 Å². The van der Waals surface area contributed by atoms with Crippen molar-refractivity contribution < 1.29 is 4.79 Å². The minimum atomic E-state index is 0.141. The Morgan fingerprint density at radius 2 is 2.35 bits per heavy atom. The molecule has 0 saturated heterocycles. The molecule has 1 atom stereocenters. The van der Waals surface area contributed by atoms with Gasteiger partial charge in [-0.1, -0.05) is 13.3 Å². The van der Waals surface area contributed by atoms with Crippen LogP contribution in [-0.4, -0.2) is 15.3 Å². The molecule has 1 unspecified atom stereocenters. The number of carbonyl (C=O) groups is 1. The first-order valence-electron chi connectivity index (χ1n) is 5.80. The number of hydrogen-bond acceptors (Lipinski definition) is 3. The van der Waals surface area contributed by atoms with Crippen molar-refractivity contribution in [3.05, 3.63) is 40.6 Å². The molecule has 17 heavy (non-hydrogen) atoms. The van der Waals surface area contributed by atoms with Gasteiger partial charge in [0.05, 0.1) is 17.2 Å². The first-order chi connectivity index (χ1) is 8.22. The van der Waals surface area contributed by atoms with E-state index in [1.807, 2.05) is 18.6 Å². The Kier molecular flexibility index (Phi) is 3.74. The number of Topliss-reactive ketones (excluding diaryl/α,β-unsaturated/α-hetero) is 1. The average molecular weight is 248 g/mol. The fraction of sp³-hybridized carbons (Fsp3) is 0.385. The van der Waals surface area contributed by atoms with Gasteiger partial charge < -0.3 is 4.57 Å². The molecule has 0 radical (unpaired) electrons. The Bertz CT molecular complexity index is 487. The quantitative estimate of drug-likeness (QED) is 0.759. The van der Waals surface area contributed by atoms with Crippen molar-refractivity contribution >= 4 is 17.1 Å². The van der Waals surface area contributed by atoms with Crippen LogP contribution < -0.4 is 0 Å². The van der Waals surface area contributed by atoms with Gasteiger partial charge >= 0.3 is 0 Å². The smallest absolute Gasteiger partial charge is 0.169 e. The first kappa shape index (κ1) is 12.0. The van der Waals surface area contributed by atoms with Gasteiger partial charge in [0.2, 0.25) is 0 Å². The van der Waals surface area contributed by atoms with Crippen LogP contribution in [0.5, 0.6) is 0 Å². The van der Waals surface area contributed by atoms with Gasteiger partial charge in [-0.2, -0.15) is 0 Å². The minimum absolute atomic E-state index is 0.141. The Labute approximate surface area is 105 Å². The Balaban J connectivity index is 2.29. The van der Waals surface area contributed by atoms with E-state index in [2.05, 4.69) is 22.5 Å². The number of ketones is 1. The summed E-state index contributed by atoms with van der Waals surface area (Å²) < 4.78 is 2.11. The van der Waals surface area contributed by atoms with E-state index >= 15 is 0 Å². The van der Waals surface area contributed by atoms with Crippen LogP contribution in [0.25, 0.3) is 0 Å². The van der Waals surface area contributed by atoms with Gasteiger partial charge in [0, 0.05) is 17.3 Å². The van der Waals surface area contributed by atoms with Crippen LogP contribution in [0.15, 0.2) is 30.9 Å². The summed E-state index contributed by atoms with van der Waals surface area (Å²) in [7, 11) is 0. The van der Waals surface area contributed by atoms with Crippen molar-refractivity contribution in [1.82, 2.24) is 9.55 Å². The molecule has 0 aliphatic carbocycles. The second kappa shape index (κ2) is 5.27. The standard InChI is InChI=1S/C13H16N2OS/c1-3-4-11(15-8-7-14-9-15)13-6-5-12(17-13)10(2)16/h5-9,11H,3-4H2,1-2H3. The number of carbonyl (C=O) groups excluding carboxylic acids is 1. The molecule has 0 bridgehead atoms. The summed E-state index contributed by atoms with van der Waals surface area (Å²) in [5, 5.41) is 0. The van der Waals surface area contributed by atoms with Crippen molar-refractivity contribution in [3.8, 4) is 0 Å². The largest absolute Gasteiger partial charge is 0.329 e. The zero-order valence-corrected chi connectivity index (χ0v) is 10.9. The van der Waals surface area contributed by atoms with Crippen LogP contribution >= 0.6 is 11.3 Å². The lowest BCUT2D eigenvalue weighted by atomic mass is 10.1. The van der Waals surface area contributed by atoms with Gasteiger partial charge in [-0.25, -0.2) is 4.98 Å². The monoisotopic (exact) mass is 248 g/mol. The van der Waals surface area contributed by atoms with Gasteiger partial charge in [0.1, 0.15) is 0 Å². The SMILES string of the molecule is CCCC(c1ccc(C(C)=O)s1)n1ccnc1. The second-order valence-electron chi connectivity index (χ2n) is 4.07. The number of rotatable bonds is 5. The molecule has 0 spiro atoms. The molecular formula is C13H16N2OS. The first-order valence-corrected chi connectivity index (χ1v) is 6.62. The second-order valence-corrected chi connectivity index (χ2v) is 5.19. The summed E-state index contributed by atoms with van der Waals surface area (Å²) in [4.78, 5) is 17.5. The zero-order chi connectivity index (χ0) is 12.3. The summed E-state index contributed by atoms with van der Waals surface area (Å²) in [5.74, 6) is 0.141. The molecule has 0 aliphatic heterocycles. The van der Waals surface area contributed by atoms with E-state index in [9.17, 15) is 4.79 Å². The van der Waals surface area contributed by atoms with E-state index in [0.29, 0.717) is 6.04 Å². The van der Waals surface area contributed by atoms with Crippen LogP contribution in [0.1, 0.15) is 47.3 Å². The summed E-state index contributed by atoms with van der Waals surface area (Å²) in [5.41, 5.74) is 0. The predicted octanol–water partition coefficient (Wildman–Crippen LogP) is 3.54. The highest BCUT2D eigenvalue weighted by Gasteiger charge is 2.15. The van der Waals surface area contributed by atoms with Crippen molar-refractivity contribution in [2.75, 3.05) is 0 Å². The number of nitrogens with zero attached hydrogens (tertiary/aromatic N) is 2. The molecule has 2 aromatic rings. The van der Waals surface area contributed by atoms with E-state index in [4.69, 9.17) is 0 Å². The maximum absolute atomic E-state index is 11.3. The minimum Gasteiger partial charge on any atom is -0.329 e. The summed E-state index contributed by atoms with van der Waals surface area (Å²) >= 11 is 1.59. The third-order valence-corrected chi connectivity index (χ3v) is 4.04. The fourth-order valence-electron chi connectivity index (χ4n) is 1.89. The van der Waals surface area contributed by atoms with Crippen LogP contribution in [0.4, 0.5) is 0 Å². The van der Waals surface area contributed by atoms with Gasteiger partial charge in [-0.15, -0.1) is 11.3 Å². The summed E-state index contributed by atoms with van der Waals surface area (Å²) in [6.07, 6.45) is 7.79. The highest BCUT2D eigenvalue weighted by atomic mass is 32.1. The molecular weight excluding hydrogens is 232 g/mol. The Hall–Kier alpha value is -1.42. The molecule has 4 heteroatoms. The average Bonchev–Trinajstić information content (AvgIpc) is 2.97. The summed E-state index contributed by atoms with van der Waals surface area (Å²) in [6.45, 7) is 3.78. The topological polar surface area (TPSA) is 34.9 Å². The van der Waals surface area contributed by atoms with Crippen molar-refractivity contribution in [2.24, 2.45) is 0 Å². The fourth-order valence-corrected chi connectivity index (χ4v) is 2.93. The Morgan fingerprint density at radius 1 is 1.53 bits per heavy atom. The maximum Gasteiger partial charge on any atom is 0.169 e. The van der Waals surface area contributed by atoms with E-state index < -0.39 is 0 Å². The normalized spacial score (nSPS) is 12.6. The van der Waals surface area contributed by atoms with Crippen LogP contribution in [0, 0.1) is 0 Å². The highest BCUT2D eigenvalue weighted by molar-refractivity contribution is 7.14. The number of imidazole rings is 1. The van der Waals surface area contributed by atoms with E-state index in [1.54, 1.807) is 24.5 Å². The molecule has 0 saturated carbocycles. The third kappa shape index (κ3) is 2.64. The lowest BCUT2D eigenvalue weighted by molar-refractivity contribution is 0.102. The lowest BCUT2D eigenvalue weighted by Crippen LogP contribution is -2.06. The van der Waals surface area contributed by atoms with Crippen molar-refractivity contribution in [2.45, 2.75) is 32.7 Å². The van der Waals surface area contributed by atoms with Crippen LogP contribution in [-0.2, 0) is 0 Å². The summed E-state index contributed by atoms with van der Waals surface area (Å²) in [6, 6.07) is 4.28. The highest BCUT2D eigenvalue weighted by Crippen LogP contribution is 2.29. The molecule has 0 amide bonds. The molecule has 2 heterocycles. The van der Waals surface area contributed by atoms with E-state index in [-0.39, 0.29) is 5.78 Å². The molecule has 0 aliphatic rings. The predicted molar refractivity (Wildman–Crippen MR) is 69.6 cm³/mol. The number of hydrogen-bond donors (Lipinski definition) is 0. The maximum atomic E-state index is 11.3. The number of aromatic nitrogens is 2. The van der Waals surface area contributed by atoms with E-state index in [0.717, 1.165) is 17.7 Å². The van der Waals surface area contributed by atoms with Crippen LogP contribution in [0.2, 0.25) is 0 Å². The zero-order valence-electron chi connectivity index (χ0n) is 10.1. The van der Waals surface area contributed by atoms with E-state index in [1.165, 1.54) is 4.88 Å². The van der Waals surface area contributed by atoms with Crippen molar-refractivity contribution in [1.29, 1.82) is 0 Å². The third-order valence-electron chi connectivity index (χ3n) is 2.75.